The molecule has 1 unspecified atom stereocenters. The average Bonchev–Trinajstić information content (AvgIpc) is 2.72. The molecule has 1 aromatic heterocycles. The van der Waals surface area contributed by atoms with Crippen molar-refractivity contribution in [2.75, 3.05) is 0 Å². The molecule has 17 heavy (non-hydrogen) atoms. The molecule has 0 saturated heterocycles. The van der Waals surface area contributed by atoms with Gasteiger partial charge < -0.3 is 4.42 Å². The van der Waals surface area contributed by atoms with E-state index in [-0.39, 0.29) is 11.9 Å². The van der Waals surface area contributed by atoms with Crippen LogP contribution in [0.5, 0.6) is 0 Å². The Morgan fingerprint density at radius 1 is 1.41 bits per heavy atom. The van der Waals surface area contributed by atoms with Crippen LogP contribution in [0.3, 0.4) is 0 Å². The number of rotatable bonds is 4. The zero-order valence-electron chi connectivity index (χ0n) is 8.99. The third kappa shape index (κ3) is 2.85. The highest BCUT2D eigenvalue weighted by atomic mass is 35.5. The lowest BCUT2D eigenvalue weighted by Crippen LogP contribution is -2.29. The fourth-order valence-electron chi connectivity index (χ4n) is 1.71. The van der Waals surface area contributed by atoms with Gasteiger partial charge in [0.1, 0.15) is 5.82 Å². The molecule has 90 valence electrons. The van der Waals surface area contributed by atoms with E-state index >= 15 is 0 Å². The predicted octanol–water partition coefficient (Wildman–Crippen LogP) is 2.82. The lowest BCUT2D eigenvalue weighted by molar-refractivity contribution is 0.525. The standard InChI is InChI=1S/C12H12ClFN2O/c13-12-10(4-5-17-12)11(16-15)7-8-2-1-3-9(14)6-8/h1-6,11,16H,7,15H2. The van der Waals surface area contributed by atoms with Crippen LogP contribution < -0.4 is 11.3 Å². The first-order chi connectivity index (χ1) is 8.20. The summed E-state index contributed by atoms with van der Waals surface area (Å²) in [5.41, 5.74) is 4.25. The van der Waals surface area contributed by atoms with Gasteiger partial charge in [0.15, 0.2) is 5.22 Å². The molecule has 0 saturated carbocycles. The molecule has 1 aromatic carbocycles. The maximum absolute atomic E-state index is 13.0. The molecule has 0 fully saturated rings. The lowest BCUT2D eigenvalue weighted by Gasteiger charge is -2.14. The number of furan rings is 1. The normalized spacial score (nSPS) is 12.6. The fourth-order valence-corrected chi connectivity index (χ4v) is 1.96. The molecular formula is C12H12ClFN2O. The fraction of sp³-hybridized carbons (Fsp3) is 0.167. The number of benzene rings is 1. The van der Waals surface area contributed by atoms with E-state index in [0.29, 0.717) is 11.6 Å². The van der Waals surface area contributed by atoms with Gasteiger partial charge in [0.2, 0.25) is 0 Å². The summed E-state index contributed by atoms with van der Waals surface area (Å²) < 4.78 is 18.1. The molecule has 0 aliphatic rings. The van der Waals surface area contributed by atoms with Gasteiger partial charge in [-0.15, -0.1) is 0 Å². The maximum atomic E-state index is 13.0. The summed E-state index contributed by atoms with van der Waals surface area (Å²) in [6.45, 7) is 0. The molecule has 0 radical (unpaired) electrons. The summed E-state index contributed by atoms with van der Waals surface area (Å²) >= 11 is 5.87. The third-order valence-electron chi connectivity index (χ3n) is 2.55. The van der Waals surface area contributed by atoms with E-state index in [2.05, 4.69) is 5.43 Å². The van der Waals surface area contributed by atoms with Gasteiger partial charge in [0.05, 0.1) is 12.3 Å². The zero-order chi connectivity index (χ0) is 12.3. The van der Waals surface area contributed by atoms with Crippen LogP contribution in [-0.4, -0.2) is 0 Å². The van der Waals surface area contributed by atoms with Crippen molar-refractivity contribution in [3.05, 3.63) is 58.8 Å². The summed E-state index contributed by atoms with van der Waals surface area (Å²) in [6, 6.07) is 7.91. The van der Waals surface area contributed by atoms with E-state index in [1.54, 1.807) is 12.1 Å². The van der Waals surface area contributed by atoms with E-state index in [9.17, 15) is 4.39 Å². The average molecular weight is 255 g/mol. The second-order valence-electron chi connectivity index (χ2n) is 3.70. The Morgan fingerprint density at radius 3 is 2.82 bits per heavy atom. The summed E-state index contributed by atoms with van der Waals surface area (Å²) in [4.78, 5) is 0. The first kappa shape index (κ1) is 12.1. The number of nitrogens with one attached hydrogen (secondary N) is 1. The van der Waals surface area contributed by atoms with Gasteiger partial charge in [-0.05, 0) is 41.8 Å². The van der Waals surface area contributed by atoms with Crippen molar-refractivity contribution in [2.24, 2.45) is 5.84 Å². The second kappa shape index (κ2) is 5.31. The molecule has 1 atom stereocenters. The van der Waals surface area contributed by atoms with E-state index in [0.717, 1.165) is 11.1 Å². The minimum atomic E-state index is -0.267. The third-order valence-corrected chi connectivity index (χ3v) is 2.86. The van der Waals surface area contributed by atoms with Gasteiger partial charge in [0.25, 0.3) is 0 Å². The van der Waals surface area contributed by atoms with Gasteiger partial charge in [-0.2, -0.15) is 0 Å². The van der Waals surface area contributed by atoms with Crippen molar-refractivity contribution in [3.63, 3.8) is 0 Å². The van der Waals surface area contributed by atoms with Crippen molar-refractivity contribution in [1.82, 2.24) is 5.43 Å². The molecule has 5 heteroatoms. The number of halogens is 2. The molecule has 3 N–H and O–H groups in total. The van der Waals surface area contributed by atoms with Crippen molar-refractivity contribution in [2.45, 2.75) is 12.5 Å². The highest BCUT2D eigenvalue weighted by molar-refractivity contribution is 6.29. The Bertz CT molecular complexity index is 501. The van der Waals surface area contributed by atoms with Crippen LogP contribution in [0.15, 0.2) is 41.0 Å². The maximum Gasteiger partial charge on any atom is 0.197 e. The summed E-state index contributed by atoms with van der Waals surface area (Å²) in [5, 5.41) is 0.296. The van der Waals surface area contributed by atoms with Gasteiger partial charge in [-0.3, -0.25) is 11.3 Å². The molecule has 1 heterocycles. The van der Waals surface area contributed by atoms with E-state index < -0.39 is 0 Å². The van der Waals surface area contributed by atoms with E-state index in [4.69, 9.17) is 21.9 Å². The molecule has 0 aliphatic carbocycles. The van der Waals surface area contributed by atoms with Gasteiger partial charge in [0, 0.05) is 5.56 Å². The molecule has 0 aliphatic heterocycles. The first-order valence-electron chi connectivity index (χ1n) is 5.14. The van der Waals surface area contributed by atoms with Crippen LogP contribution in [0.4, 0.5) is 4.39 Å². The van der Waals surface area contributed by atoms with Crippen molar-refractivity contribution in [1.29, 1.82) is 0 Å². The minimum absolute atomic E-state index is 0.206. The SMILES string of the molecule is NNC(Cc1cccc(F)c1)c1ccoc1Cl. The largest absolute Gasteiger partial charge is 0.453 e. The minimum Gasteiger partial charge on any atom is -0.453 e. The second-order valence-corrected chi connectivity index (χ2v) is 4.05. The van der Waals surface area contributed by atoms with Crippen LogP contribution in [0.2, 0.25) is 5.22 Å². The van der Waals surface area contributed by atoms with Gasteiger partial charge in [-0.25, -0.2) is 4.39 Å². The summed E-state index contributed by atoms with van der Waals surface area (Å²) in [6.07, 6.45) is 2.03. The summed E-state index contributed by atoms with van der Waals surface area (Å²) in [7, 11) is 0. The number of nitrogens with two attached hydrogens (primary N) is 1. The topological polar surface area (TPSA) is 51.2 Å². The monoisotopic (exact) mass is 254 g/mol. The molecule has 2 rings (SSSR count). The Labute approximate surface area is 103 Å². The van der Waals surface area contributed by atoms with Crippen LogP contribution in [0, 0.1) is 5.82 Å². The Kier molecular flexibility index (Phi) is 3.78. The van der Waals surface area contributed by atoms with Crippen LogP contribution in [0.1, 0.15) is 17.2 Å². The number of hydrogen-bond donors (Lipinski definition) is 2. The van der Waals surface area contributed by atoms with Gasteiger partial charge in [-0.1, -0.05) is 12.1 Å². The first-order valence-corrected chi connectivity index (χ1v) is 5.52. The van der Waals surface area contributed by atoms with Crippen LogP contribution in [0.25, 0.3) is 0 Å². The van der Waals surface area contributed by atoms with E-state index in [1.165, 1.54) is 18.4 Å². The van der Waals surface area contributed by atoms with Crippen LogP contribution in [-0.2, 0) is 6.42 Å². The Morgan fingerprint density at radius 2 is 2.24 bits per heavy atom. The predicted molar refractivity (Wildman–Crippen MR) is 63.9 cm³/mol. The lowest BCUT2D eigenvalue weighted by atomic mass is 10.0. The molecule has 0 amide bonds. The highest BCUT2D eigenvalue weighted by Gasteiger charge is 2.16. The molecular weight excluding hydrogens is 243 g/mol. The number of hydrogen-bond acceptors (Lipinski definition) is 3. The van der Waals surface area contributed by atoms with E-state index in [1.807, 2.05) is 6.07 Å². The van der Waals surface area contributed by atoms with Crippen molar-refractivity contribution >= 4 is 11.6 Å². The quantitative estimate of drug-likeness (QED) is 0.652. The Balaban J connectivity index is 2.19. The van der Waals surface area contributed by atoms with Crippen molar-refractivity contribution in [3.8, 4) is 0 Å². The smallest absolute Gasteiger partial charge is 0.197 e. The zero-order valence-corrected chi connectivity index (χ0v) is 9.75. The van der Waals surface area contributed by atoms with Gasteiger partial charge >= 0.3 is 0 Å². The molecule has 3 nitrogen and oxygen atoms in total. The number of hydrazine groups is 1. The van der Waals surface area contributed by atoms with Crippen LogP contribution >= 0.6 is 11.6 Å². The molecule has 0 bridgehead atoms. The molecule has 0 spiro atoms. The van der Waals surface area contributed by atoms with Crippen molar-refractivity contribution < 1.29 is 8.81 Å². The molecule has 2 aromatic rings. The Hall–Kier alpha value is -1.36. The highest BCUT2D eigenvalue weighted by Crippen LogP contribution is 2.26. The summed E-state index contributed by atoms with van der Waals surface area (Å²) in [5.74, 6) is 5.21.